The monoisotopic (exact) mass is 353 g/mol. The van der Waals surface area contributed by atoms with Crippen LogP contribution in [-0.4, -0.2) is 14.2 Å². The molecular formula is C16H17BrFNO2. The summed E-state index contributed by atoms with van der Waals surface area (Å²) >= 11 is 3.39. The molecule has 1 unspecified atom stereocenters. The lowest BCUT2D eigenvalue weighted by Gasteiger charge is -2.19. The van der Waals surface area contributed by atoms with E-state index in [1.165, 1.54) is 6.07 Å². The number of ether oxygens (including phenoxy) is 2. The van der Waals surface area contributed by atoms with Crippen LogP contribution < -0.4 is 15.2 Å². The highest BCUT2D eigenvalue weighted by atomic mass is 79.9. The molecule has 0 bridgehead atoms. The number of benzene rings is 2. The van der Waals surface area contributed by atoms with Gasteiger partial charge in [0.1, 0.15) is 17.3 Å². The van der Waals surface area contributed by atoms with Crippen molar-refractivity contribution < 1.29 is 13.9 Å². The van der Waals surface area contributed by atoms with Crippen molar-refractivity contribution in [3.05, 3.63) is 57.3 Å². The van der Waals surface area contributed by atoms with Crippen LogP contribution in [0.2, 0.25) is 0 Å². The van der Waals surface area contributed by atoms with Gasteiger partial charge < -0.3 is 15.2 Å². The summed E-state index contributed by atoms with van der Waals surface area (Å²) in [5.74, 6) is 0.871. The van der Waals surface area contributed by atoms with Gasteiger partial charge in [0.05, 0.1) is 24.7 Å². The average Bonchev–Trinajstić information content (AvgIpc) is 2.46. The normalized spacial score (nSPS) is 12.1. The van der Waals surface area contributed by atoms with Crippen molar-refractivity contribution in [2.24, 2.45) is 5.73 Å². The fourth-order valence-corrected chi connectivity index (χ4v) is 2.66. The van der Waals surface area contributed by atoms with Crippen LogP contribution in [0.25, 0.3) is 0 Å². The maximum Gasteiger partial charge on any atom is 0.133 e. The Hall–Kier alpha value is -1.59. The van der Waals surface area contributed by atoms with Crippen molar-refractivity contribution in [1.82, 2.24) is 0 Å². The number of rotatable bonds is 4. The first-order chi connectivity index (χ1) is 9.97. The Morgan fingerprint density at radius 1 is 1.05 bits per heavy atom. The van der Waals surface area contributed by atoms with Gasteiger partial charge in [-0.25, -0.2) is 4.39 Å². The van der Waals surface area contributed by atoms with E-state index in [1.807, 2.05) is 13.0 Å². The second kappa shape index (κ2) is 6.45. The van der Waals surface area contributed by atoms with Crippen molar-refractivity contribution in [2.75, 3.05) is 14.2 Å². The van der Waals surface area contributed by atoms with E-state index in [0.29, 0.717) is 22.6 Å². The molecular weight excluding hydrogens is 337 g/mol. The SMILES string of the molecule is COc1cc(C(N)c2ccc(C)cc2F)c(OC)cc1Br. The second-order valence-corrected chi connectivity index (χ2v) is 5.59. The van der Waals surface area contributed by atoms with Crippen molar-refractivity contribution in [3.8, 4) is 11.5 Å². The van der Waals surface area contributed by atoms with Gasteiger partial charge in [-0.15, -0.1) is 0 Å². The predicted octanol–water partition coefficient (Wildman–Crippen LogP) is 3.96. The minimum atomic E-state index is -0.637. The van der Waals surface area contributed by atoms with Crippen LogP contribution in [0.15, 0.2) is 34.8 Å². The second-order valence-electron chi connectivity index (χ2n) is 4.73. The van der Waals surface area contributed by atoms with Crippen LogP contribution in [0.1, 0.15) is 22.7 Å². The summed E-state index contributed by atoms with van der Waals surface area (Å²) in [6.07, 6.45) is 0. The lowest BCUT2D eigenvalue weighted by atomic mass is 9.97. The van der Waals surface area contributed by atoms with Crippen molar-refractivity contribution in [2.45, 2.75) is 13.0 Å². The molecule has 21 heavy (non-hydrogen) atoms. The highest BCUT2D eigenvalue weighted by molar-refractivity contribution is 9.10. The summed E-state index contributed by atoms with van der Waals surface area (Å²) in [6.45, 7) is 1.83. The zero-order valence-corrected chi connectivity index (χ0v) is 13.7. The summed E-state index contributed by atoms with van der Waals surface area (Å²) in [4.78, 5) is 0. The van der Waals surface area contributed by atoms with E-state index in [1.54, 1.807) is 32.4 Å². The Morgan fingerprint density at radius 3 is 2.29 bits per heavy atom. The number of methoxy groups -OCH3 is 2. The molecule has 2 N–H and O–H groups in total. The summed E-state index contributed by atoms with van der Waals surface area (Å²) < 4.78 is 25.5. The third kappa shape index (κ3) is 3.19. The number of hydrogen-bond acceptors (Lipinski definition) is 3. The smallest absolute Gasteiger partial charge is 0.133 e. The molecule has 1 atom stereocenters. The van der Waals surface area contributed by atoms with Gasteiger partial charge in [-0.3, -0.25) is 0 Å². The Morgan fingerprint density at radius 2 is 1.71 bits per heavy atom. The molecule has 2 aromatic carbocycles. The lowest BCUT2D eigenvalue weighted by Crippen LogP contribution is -2.15. The van der Waals surface area contributed by atoms with Crippen molar-refractivity contribution in [1.29, 1.82) is 0 Å². The van der Waals surface area contributed by atoms with Gasteiger partial charge in [-0.05, 0) is 46.6 Å². The summed E-state index contributed by atoms with van der Waals surface area (Å²) in [5, 5.41) is 0. The zero-order chi connectivity index (χ0) is 15.6. The molecule has 2 aromatic rings. The summed E-state index contributed by atoms with van der Waals surface area (Å²) in [5.41, 5.74) is 8.16. The van der Waals surface area contributed by atoms with E-state index in [-0.39, 0.29) is 5.82 Å². The summed E-state index contributed by atoms with van der Waals surface area (Å²) in [6, 6.07) is 7.89. The first kappa shape index (κ1) is 15.8. The molecule has 0 spiro atoms. The molecule has 0 aliphatic rings. The van der Waals surface area contributed by atoms with Crippen LogP contribution in [0, 0.1) is 12.7 Å². The summed E-state index contributed by atoms with van der Waals surface area (Å²) in [7, 11) is 3.12. The molecule has 5 heteroatoms. The minimum absolute atomic E-state index is 0.327. The van der Waals surface area contributed by atoms with E-state index in [9.17, 15) is 4.39 Å². The van der Waals surface area contributed by atoms with Gasteiger partial charge in [0.15, 0.2) is 0 Å². The molecule has 0 heterocycles. The average molecular weight is 354 g/mol. The number of hydrogen-bond donors (Lipinski definition) is 1. The zero-order valence-electron chi connectivity index (χ0n) is 12.1. The van der Waals surface area contributed by atoms with Crippen LogP contribution >= 0.6 is 15.9 Å². The molecule has 112 valence electrons. The van der Waals surface area contributed by atoms with E-state index in [4.69, 9.17) is 15.2 Å². The fraction of sp³-hybridized carbons (Fsp3) is 0.250. The van der Waals surface area contributed by atoms with E-state index in [2.05, 4.69) is 15.9 Å². The quantitative estimate of drug-likeness (QED) is 0.904. The highest BCUT2D eigenvalue weighted by Crippen LogP contribution is 2.37. The maximum atomic E-state index is 14.1. The standard InChI is InChI=1S/C16H17BrFNO2/c1-9-4-5-10(13(18)6-9)16(19)11-7-15(21-3)12(17)8-14(11)20-2/h4-8,16H,19H2,1-3H3. The molecule has 0 radical (unpaired) electrons. The lowest BCUT2D eigenvalue weighted by molar-refractivity contribution is 0.394. The van der Waals surface area contributed by atoms with Gasteiger partial charge in [0.2, 0.25) is 0 Å². The Labute approximate surface area is 132 Å². The van der Waals surface area contributed by atoms with Gasteiger partial charge in [0, 0.05) is 11.1 Å². The van der Waals surface area contributed by atoms with E-state index >= 15 is 0 Å². The van der Waals surface area contributed by atoms with Gasteiger partial charge in [-0.1, -0.05) is 12.1 Å². The number of aryl methyl sites for hydroxylation is 1. The van der Waals surface area contributed by atoms with Crippen LogP contribution in [0.4, 0.5) is 4.39 Å². The Bertz CT molecular complexity index is 661. The molecule has 0 saturated heterocycles. The van der Waals surface area contributed by atoms with Gasteiger partial charge in [0.25, 0.3) is 0 Å². The minimum Gasteiger partial charge on any atom is -0.496 e. The number of halogens is 2. The van der Waals surface area contributed by atoms with E-state index in [0.717, 1.165) is 10.0 Å². The topological polar surface area (TPSA) is 44.5 Å². The predicted molar refractivity (Wildman–Crippen MR) is 84.4 cm³/mol. The first-order valence-electron chi connectivity index (χ1n) is 6.41. The molecule has 0 aromatic heterocycles. The fourth-order valence-electron chi connectivity index (χ4n) is 2.18. The van der Waals surface area contributed by atoms with Crippen molar-refractivity contribution in [3.63, 3.8) is 0 Å². The highest BCUT2D eigenvalue weighted by Gasteiger charge is 2.20. The number of nitrogens with two attached hydrogens (primary N) is 1. The first-order valence-corrected chi connectivity index (χ1v) is 7.20. The molecule has 0 amide bonds. The molecule has 0 saturated carbocycles. The molecule has 2 rings (SSSR count). The molecule has 0 aliphatic heterocycles. The van der Waals surface area contributed by atoms with Crippen molar-refractivity contribution >= 4 is 15.9 Å². The van der Waals surface area contributed by atoms with Crippen LogP contribution in [-0.2, 0) is 0 Å². The third-order valence-electron chi connectivity index (χ3n) is 3.33. The molecule has 0 aliphatic carbocycles. The van der Waals surface area contributed by atoms with Gasteiger partial charge >= 0.3 is 0 Å². The Kier molecular flexibility index (Phi) is 4.85. The van der Waals surface area contributed by atoms with Gasteiger partial charge in [-0.2, -0.15) is 0 Å². The maximum absolute atomic E-state index is 14.1. The van der Waals surface area contributed by atoms with Crippen LogP contribution in [0.3, 0.4) is 0 Å². The third-order valence-corrected chi connectivity index (χ3v) is 3.95. The van der Waals surface area contributed by atoms with E-state index < -0.39 is 6.04 Å². The molecule has 3 nitrogen and oxygen atoms in total. The molecule has 0 fully saturated rings. The largest absolute Gasteiger partial charge is 0.496 e. The Balaban J connectivity index is 2.53. The van der Waals surface area contributed by atoms with Crippen LogP contribution in [0.5, 0.6) is 11.5 Å².